The van der Waals surface area contributed by atoms with E-state index in [1.165, 1.54) is 0 Å². The van der Waals surface area contributed by atoms with Crippen molar-refractivity contribution in [2.75, 3.05) is 32.7 Å². The maximum Gasteiger partial charge on any atom is 0.303 e. The van der Waals surface area contributed by atoms with Gasteiger partial charge in [0.15, 0.2) is 0 Å². The van der Waals surface area contributed by atoms with Crippen molar-refractivity contribution in [2.24, 2.45) is 0 Å². The van der Waals surface area contributed by atoms with Crippen LogP contribution < -0.4 is 5.32 Å². The molecule has 0 amide bonds. The highest BCUT2D eigenvalue weighted by molar-refractivity contribution is 5.85. The number of nitrogens with zero attached hydrogens (tertiary/aromatic N) is 1. The number of carboxylic acids is 1. The summed E-state index contributed by atoms with van der Waals surface area (Å²) in [5, 5.41) is 11.7. The van der Waals surface area contributed by atoms with Crippen molar-refractivity contribution in [1.29, 1.82) is 0 Å². The smallest absolute Gasteiger partial charge is 0.303 e. The molecule has 0 spiro atoms. The molecule has 0 bridgehead atoms. The van der Waals surface area contributed by atoms with Crippen LogP contribution in [0.1, 0.15) is 19.3 Å². The summed E-state index contributed by atoms with van der Waals surface area (Å²) in [5.41, 5.74) is 0. The van der Waals surface area contributed by atoms with Gasteiger partial charge in [0.2, 0.25) is 0 Å². The minimum atomic E-state index is -0.680. The van der Waals surface area contributed by atoms with Crippen LogP contribution in [0.3, 0.4) is 0 Å². The SMILES string of the molecule is Cl.O=C(O)CCCCN1CCNCC1. The van der Waals surface area contributed by atoms with Gasteiger partial charge in [-0.15, -0.1) is 12.4 Å². The molecule has 1 aliphatic heterocycles. The van der Waals surface area contributed by atoms with E-state index in [0.29, 0.717) is 6.42 Å². The third kappa shape index (κ3) is 6.18. The molecule has 0 aliphatic carbocycles. The second-order valence-corrected chi connectivity index (χ2v) is 3.44. The molecule has 5 heteroatoms. The van der Waals surface area contributed by atoms with E-state index in [9.17, 15) is 4.79 Å². The summed E-state index contributed by atoms with van der Waals surface area (Å²) < 4.78 is 0. The topological polar surface area (TPSA) is 52.6 Å². The molecule has 14 heavy (non-hydrogen) atoms. The number of unbranched alkanes of at least 4 members (excludes halogenated alkanes) is 1. The molecular formula is C9H19ClN2O2. The number of hydrogen-bond donors (Lipinski definition) is 2. The second-order valence-electron chi connectivity index (χ2n) is 3.44. The zero-order chi connectivity index (χ0) is 9.52. The van der Waals surface area contributed by atoms with Crippen molar-refractivity contribution in [3.8, 4) is 0 Å². The number of halogens is 1. The Balaban J connectivity index is 0.00000169. The van der Waals surface area contributed by atoms with Gasteiger partial charge in [-0.2, -0.15) is 0 Å². The van der Waals surface area contributed by atoms with Crippen molar-refractivity contribution < 1.29 is 9.90 Å². The summed E-state index contributed by atoms with van der Waals surface area (Å²) in [4.78, 5) is 12.6. The highest BCUT2D eigenvalue weighted by Crippen LogP contribution is 1.99. The van der Waals surface area contributed by atoms with Crippen LogP contribution in [-0.2, 0) is 4.79 Å². The number of piperazine rings is 1. The van der Waals surface area contributed by atoms with Gasteiger partial charge in [0.25, 0.3) is 0 Å². The molecule has 4 nitrogen and oxygen atoms in total. The van der Waals surface area contributed by atoms with Crippen molar-refractivity contribution in [3.63, 3.8) is 0 Å². The predicted molar refractivity (Wildman–Crippen MR) is 58.0 cm³/mol. The Morgan fingerprint density at radius 1 is 1.29 bits per heavy atom. The Morgan fingerprint density at radius 3 is 2.50 bits per heavy atom. The molecule has 0 radical (unpaired) electrons. The summed E-state index contributed by atoms with van der Waals surface area (Å²) in [7, 11) is 0. The summed E-state index contributed by atoms with van der Waals surface area (Å²) in [6.07, 6.45) is 2.12. The van der Waals surface area contributed by atoms with Gasteiger partial charge in [-0.1, -0.05) is 0 Å². The van der Waals surface area contributed by atoms with Crippen LogP contribution in [0.2, 0.25) is 0 Å². The first kappa shape index (κ1) is 13.7. The fraction of sp³-hybridized carbons (Fsp3) is 0.889. The molecule has 0 aromatic rings. The fourth-order valence-electron chi connectivity index (χ4n) is 1.55. The van der Waals surface area contributed by atoms with Gasteiger partial charge in [-0.05, 0) is 19.4 Å². The average Bonchev–Trinajstić information content (AvgIpc) is 2.14. The summed E-state index contributed by atoms with van der Waals surface area (Å²) >= 11 is 0. The number of aliphatic carboxylic acids is 1. The van der Waals surface area contributed by atoms with Gasteiger partial charge in [0.05, 0.1) is 0 Å². The standard InChI is InChI=1S/C9H18N2O2.ClH/c12-9(13)3-1-2-6-11-7-4-10-5-8-11;/h10H,1-8H2,(H,12,13);1H. The third-order valence-electron chi connectivity index (χ3n) is 2.32. The first-order chi connectivity index (χ1) is 6.29. The van der Waals surface area contributed by atoms with E-state index >= 15 is 0 Å². The predicted octanol–water partition coefficient (Wildman–Crippen LogP) is 0.568. The van der Waals surface area contributed by atoms with Crippen LogP contribution in [-0.4, -0.2) is 48.7 Å². The van der Waals surface area contributed by atoms with E-state index in [2.05, 4.69) is 10.2 Å². The monoisotopic (exact) mass is 222 g/mol. The molecule has 0 aromatic heterocycles. The van der Waals surface area contributed by atoms with E-state index in [1.54, 1.807) is 0 Å². The number of rotatable bonds is 5. The van der Waals surface area contributed by atoms with Crippen molar-refractivity contribution in [2.45, 2.75) is 19.3 Å². The number of nitrogens with one attached hydrogen (secondary N) is 1. The first-order valence-corrected chi connectivity index (χ1v) is 4.94. The van der Waals surface area contributed by atoms with Gasteiger partial charge in [-0.3, -0.25) is 4.79 Å². The molecule has 1 fully saturated rings. The Bertz CT molecular complexity index is 161. The van der Waals surface area contributed by atoms with Crippen LogP contribution in [0.5, 0.6) is 0 Å². The fourth-order valence-corrected chi connectivity index (χ4v) is 1.55. The lowest BCUT2D eigenvalue weighted by molar-refractivity contribution is -0.137. The maximum absolute atomic E-state index is 10.2. The Labute approximate surface area is 91.1 Å². The van der Waals surface area contributed by atoms with Gasteiger partial charge in [-0.25, -0.2) is 0 Å². The quantitative estimate of drug-likeness (QED) is 0.668. The molecule has 0 atom stereocenters. The van der Waals surface area contributed by atoms with Crippen LogP contribution in [0.4, 0.5) is 0 Å². The van der Waals surface area contributed by atoms with E-state index in [1.807, 2.05) is 0 Å². The summed E-state index contributed by atoms with van der Waals surface area (Å²) in [6.45, 7) is 5.40. The van der Waals surface area contributed by atoms with E-state index in [-0.39, 0.29) is 12.4 Å². The van der Waals surface area contributed by atoms with Gasteiger partial charge >= 0.3 is 5.97 Å². The van der Waals surface area contributed by atoms with Crippen molar-refractivity contribution >= 4 is 18.4 Å². The first-order valence-electron chi connectivity index (χ1n) is 4.94. The maximum atomic E-state index is 10.2. The highest BCUT2D eigenvalue weighted by atomic mass is 35.5. The lowest BCUT2D eigenvalue weighted by atomic mass is 10.2. The normalized spacial score (nSPS) is 17.4. The summed E-state index contributed by atoms with van der Waals surface area (Å²) in [6, 6.07) is 0. The largest absolute Gasteiger partial charge is 0.481 e. The Morgan fingerprint density at radius 2 is 1.93 bits per heavy atom. The number of carboxylic acid groups (broad SMARTS) is 1. The minimum Gasteiger partial charge on any atom is -0.481 e. The molecule has 0 aromatic carbocycles. The van der Waals surface area contributed by atoms with Crippen molar-refractivity contribution in [3.05, 3.63) is 0 Å². The lowest BCUT2D eigenvalue weighted by Crippen LogP contribution is -2.43. The molecule has 0 saturated carbocycles. The molecule has 1 aliphatic rings. The van der Waals surface area contributed by atoms with Gasteiger partial charge in [0, 0.05) is 32.6 Å². The van der Waals surface area contributed by atoms with E-state index in [4.69, 9.17) is 5.11 Å². The third-order valence-corrected chi connectivity index (χ3v) is 2.32. The average molecular weight is 223 g/mol. The van der Waals surface area contributed by atoms with Crippen LogP contribution in [0, 0.1) is 0 Å². The molecule has 84 valence electrons. The molecule has 2 N–H and O–H groups in total. The van der Waals surface area contributed by atoms with Crippen LogP contribution in [0.15, 0.2) is 0 Å². The molecule has 1 saturated heterocycles. The van der Waals surface area contributed by atoms with Crippen LogP contribution in [0.25, 0.3) is 0 Å². The van der Waals surface area contributed by atoms with E-state index < -0.39 is 5.97 Å². The second kappa shape index (κ2) is 8.03. The lowest BCUT2D eigenvalue weighted by Gasteiger charge is -2.26. The van der Waals surface area contributed by atoms with Crippen LogP contribution >= 0.6 is 12.4 Å². The number of hydrogen-bond acceptors (Lipinski definition) is 3. The zero-order valence-corrected chi connectivity index (χ0v) is 9.18. The van der Waals surface area contributed by atoms with Gasteiger partial charge < -0.3 is 15.3 Å². The molecule has 1 rings (SSSR count). The molecule has 1 heterocycles. The zero-order valence-electron chi connectivity index (χ0n) is 8.37. The van der Waals surface area contributed by atoms with Crippen molar-refractivity contribution in [1.82, 2.24) is 10.2 Å². The molecule has 0 unspecified atom stereocenters. The summed E-state index contributed by atoms with van der Waals surface area (Å²) in [5.74, 6) is -0.680. The number of carbonyl (C=O) groups is 1. The van der Waals surface area contributed by atoms with Gasteiger partial charge in [0.1, 0.15) is 0 Å². The molecular weight excluding hydrogens is 204 g/mol. The van der Waals surface area contributed by atoms with E-state index in [0.717, 1.165) is 45.6 Å². The Kier molecular flexibility index (Phi) is 7.84. The highest BCUT2D eigenvalue weighted by Gasteiger charge is 2.08. The Hall–Kier alpha value is -0.320. The minimum absolute atomic E-state index is 0.